The van der Waals surface area contributed by atoms with Crippen LogP contribution in [0.15, 0.2) is 12.3 Å². The van der Waals surface area contributed by atoms with Crippen LogP contribution in [0.4, 0.5) is 0 Å². The number of H-pyrrole nitrogens is 1. The molecule has 2 heterocycles. The Kier molecular flexibility index (Phi) is 4.25. The SMILES string of the molecule is Cc1[nH]ccc1C(=O)N1CCC2(CC1)[C@@H](O)C[C@H]2OCCO. The van der Waals surface area contributed by atoms with Crippen molar-refractivity contribution in [2.45, 2.75) is 38.4 Å². The van der Waals surface area contributed by atoms with Crippen LogP contribution in [0.1, 0.15) is 35.3 Å². The van der Waals surface area contributed by atoms with Crippen LogP contribution >= 0.6 is 0 Å². The van der Waals surface area contributed by atoms with Crippen LogP contribution in [0.25, 0.3) is 0 Å². The average Bonchev–Trinajstić information content (AvgIpc) is 2.96. The lowest BCUT2D eigenvalue weighted by atomic mass is 9.58. The first-order chi connectivity index (χ1) is 10.6. The minimum Gasteiger partial charge on any atom is -0.394 e. The lowest BCUT2D eigenvalue weighted by Crippen LogP contribution is -2.62. The van der Waals surface area contributed by atoms with Gasteiger partial charge in [-0.3, -0.25) is 4.79 Å². The normalized spacial score (nSPS) is 27.0. The lowest BCUT2D eigenvalue weighted by molar-refractivity contribution is -0.211. The maximum atomic E-state index is 12.5. The third-order valence-electron chi connectivity index (χ3n) is 5.32. The van der Waals surface area contributed by atoms with Gasteiger partial charge < -0.3 is 24.8 Å². The highest BCUT2D eigenvalue weighted by atomic mass is 16.5. The standard InChI is InChI=1S/C16H24N2O4/c1-11-12(2-5-17-11)15(21)18-6-3-16(4-7-18)13(20)10-14(16)22-9-8-19/h2,5,13-14,17,19-20H,3-4,6-10H2,1H3/t13-,14+/m0/s1. The Morgan fingerprint density at radius 1 is 1.50 bits per heavy atom. The van der Waals surface area contributed by atoms with Gasteiger partial charge in [-0.25, -0.2) is 0 Å². The number of hydrogen-bond acceptors (Lipinski definition) is 4. The minimum atomic E-state index is -0.359. The summed E-state index contributed by atoms with van der Waals surface area (Å²) in [6, 6.07) is 1.81. The first-order valence-corrected chi connectivity index (χ1v) is 7.92. The molecule has 0 unspecified atom stereocenters. The van der Waals surface area contributed by atoms with Gasteiger partial charge >= 0.3 is 0 Å². The molecule has 1 saturated heterocycles. The summed E-state index contributed by atoms with van der Waals surface area (Å²) >= 11 is 0. The van der Waals surface area contributed by atoms with Gasteiger partial charge in [-0.1, -0.05) is 0 Å². The van der Waals surface area contributed by atoms with E-state index in [-0.39, 0.29) is 30.1 Å². The van der Waals surface area contributed by atoms with E-state index in [1.54, 1.807) is 6.20 Å². The van der Waals surface area contributed by atoms with Gasteiger partial charge in [-0.2, -0.15) is 0 Å². The number of carbonyl (C=O) groups excluding carboxylic acids is 1. The molecule has 6 heteroatoms. The van der Waals surface area contributed by atoms with Gasteiger partial charge in [-0.15, -0.1) is 0 Å². The molecule has 0 radical (unpaired) electrons. The molecule has 1 saturated carbocycles. The fourth-order valence-corrected chi connectivity index (χ4v) is 3.79. The number of ether oxygens (including phenoxy) is 1. The smallest absolute Gasteiger partial charge is 0.255 e. The maximum Gasteiger partial charge on any atom is 0.255 e. The van der Waals surface area contributed by atoms with Crippen LogP contribution in [0, 0.1) is 12.3 Å². The van der Waals surface area contributed by atoms with Gasteiger partial charge in [0.15, 0.2) is 0 Å². The number of likely N-dealkylation sites (tertiary alicyclic amines) is 1. The maximum absolute atomic E-state index is 12.5. The molecular formula is C16H24N2O4. The third kappa shape index (κ3) is 2.45. The van der Waals surface area contributed by atoms with Crippen molar-refractivity contribution < 1.29 is 19.7 Å². The van der Waals surface area contributed by atoms with E-state index in [9.17, 15) is 9.90 Å². The summed E-state index contributed by atoms with van der Waals surface area (Å²) in [6.07, 6.45) is 3.55. The molecule has 1 amide bonds. The topological polar surface area (TPSA) is 85.8 Å². The van der Waals surface area contributed by atoms with E-state index in [1.807, 2.05) is 17.9 Å². The number of aryl methyl sites for hydroxylation is 1. The van der Waals surface area contributed by atoms with Gasteiger partial charge in [0, 0.05) is 36.8 Å². The van der Waals surface area contributed by atoms with Crippen LogP contribution in [-0.4, -0.2) is 64.5 Å². The van der Waals surface area contributed by atoms with Gasteiger partial charge in [-0.05, 0) is 25.8 Å². The molecule has 6 nitrogen and oxygen atoms in total. The Morgan fingerprint density at radius 2 is 2.23 bits per heavy atom. The molecule has 3 rings (SSSR count). The Morgan fingerprint density at radius 3 is 2.77 bits per heavy atom. The van der Waals surface area contributed by atoms with Crippen molar-refractivity contribution >= 4 is 5.91 Å². The molecule has 1 aliphatic carbocycles. The zero-order chi connectivity index (χ0) is 15.7. The molecule has 1 aliphatic heterocycles. The predicted molar refractivity (Wildman–Crippen MR) is 80.5 cm³/mol. The number of hydrogen-bond donors (Lipinski definition) is 3. The number of aromatic nitrogens is 1. The molecule has 22 heavy (non-hydrogen) atoms. The van der Waals surface area contributed by atoms with Gasteiger partial charge in [0.1, 0.15) is 0 Å². The summed E-state index contributed by atoms with van der Waals surface area (Å²) < 4.78 is 5.66. The van der Waals surface area contributed by atoms with Crippen molar-refractivity contribution in [1.82, 2.24) is 9.88 Å². The summed E-state index contributed by atoms with van der Waals surface area (Å²) in [4.78, 5) is 17.4. The van der Waals surface area contributed by atoms with Crippen LogP contribution < -0.4 is 0 Å². The van der Waals surface area contributed by atoms with Gasteiger partial charge in [0.05, 0.1) is 31.0 Å². The number of carbonyl (C=O) groups is 1. The highest BCUT2D eigenvalue weighted by Crippen LogP contribution is 2.51. The van der Waals surface area contributed by atoms with Gasteiger partial charge in [0.2, 0.25) is 0 Å². The molecule has 1 spiro atoms. The van der Waals surface area contributed by atoms with Crippen molar-refractivity contribution in [2.24, 2.45) is 5.41 Å². The van der Waals surface area contributed by atoms with Crippen LogP contribution in [0.5, 0.6) is 0 Å². The molecule has 3 N–H and O–H groups in total. The predicted octanol–water partition coefficient (Wildman–Crippen LogP) is 0.688. The van der Waals surface area contributed by atoms with E-state index in [1.165, 1.54) is 0 Å². The lowest BCUT2D eigenvalue weighted by Gasteiger charge is -2.56. The van der Waals surface area contributed by atoms with Crippen molar-refractivity contribution in [1.29, 1.82) is 0 Å². The Bertz CT molecular complexity index is 534. The second-order valence-corrected chi connectivity index (χ2v) is 6.38. The molecule has 122 valence electrons. The molecule has 2 atom stereocenters. The van der Waals surface area contributed by atoms with Crippen LogP contribution in [-0.2, 0) is 4.74 Å². The summed E-state index contributed by atoms with van der Waals surface area (Å²) in [5.74, 6) is 0.0511. The Balaban J connectivity index is 1.62. The summed E-state index contributed by atoms with van der Waals surface area (Å²) in [6.45, 7) is 3.48. The zero-order valence-corrected chi connectivity index (χ0v) is 12.9. The first kappa shape index (κ1) is 15.5. The number of nitrogens with zero attached hydrogens (tertiary/aromatic N) is 1. The molecule has 1 aromatic rings. The van der Waals surface area contributed by atoms with Gasteiger partial charge in [0.25, 0.3) is 5.91 Å². The second-order valence-electron chi connectivity index (χ2n) is 6.38. The van der Waals surface area contributed by atoms with Crippen molar-refractivity contribution in [3.05, 3.63) is 23.5 Å². The highest BCUT2D eigenvalue weighted by Gasteiger charge is 2.56. The number of piperidine rings is 1. The largest absolute Gasteiger partial charge is 0.394 e. The van der Waals surface area contributed by atoms with Crippen molar-refractivity contribution in [2.75, 3.05) is 26.3 Å². The molecule has 0 aromatic carbocycles. The number of aliphatic hydroxyl groups excluding tert-OH is 2. The minimum absolute atomic E-state index is 0.0000520. The summed E-state index contributed by atoms with van der Waals surface area (Å²) in [5.41, 5.74) is 1.37. The fourth-order valence-electron chi connectivity index (χ4n) is 3.79. The van der Waals surface area contributed by atoms with E-state index in [0.717, 1.165) is 24.1 Å². The number of nitrogens with one attached hydrogen (secondary N) is 1. The zero-order valence-electron chi connectivity index (χ0n) is 12.9. The van der Waals surface area contributed by atoms with E-state index >= 15 is 0 Å². The first-order valence-electron chi connectivity index (χ1n) is 7.92. The van der Waals surface area contributed by atoms with E-state index in [0.29, 0.717) is 26.1 Å². The number of rotatable bonds is 4. The Labute approximate surface area is 130 Å². The quantitative estimate of drug-likeness (QED) is 0.764. The monoisotopic (exact) mass is 308 g/mol. The van der Waals surface area contributed by atoms with E-state index in [4.69, 9.17) is 9.84 Å². The third-order valence-corrected chi connectivity index (χ3v) is 5.32. The van der Waals surface area contributed by atoms with E-state index in [2.05, 4.69) is 4.98 Å². The number of aromatic amines is 1. The molecule has 2 fully saturated rings. The average molecular weight is 308 g/mol. The molecule has 0 bridgehead atoms. The fraction of sp³-hybridized carbons (Fsp3) is 0.688. The second kappa shape index (κ2) is 6.02. The van der Waals surface area contributed by atoms with E-state index < -0.39 is 0 Å². The Hall–Kier alpha value is -1.37. The van der Waals surface area contributed by atoms with Crippen molar-refractivity contribution in [3.8, 4) is 0 Å². The number of amides is 1. The summed E-state index contributed by atoms with van der Waals surface area (Å²) in [7, 11) is 0. The van der Waals surface area contributed by atoms with Crippen molar-refractivity contribution in [3.63, 3.8) is 0 Å². The van der Waals surface area contributed by atoms with Crippen LogP contribution in [0.3, 0.4) is 0 Å². The molecule has 1 aromatic heterocycles. The summed E-state index contributed by atoms with van der Waals surface area (Å²) in [5, 5.41) is 19.1. The highest BCUT2D eigenvalue weighted by molar-refractivity contribution is 5.95. The number of aliphatic hydroxyl groups is 2. The molecular weight excluding hydrogens is 284 g/mol. The van der Waals surface area contributed by atoms with Crippen LogP contribution in [0.2, 0.25) is 0 Å². The molecule has 2 aliphatic rings.